The molecular weight excluding hydrogens is 264 g/mol. The van der Waals surface area contributed by atoms with Gasteiger partial charge in [0.1, 0.15) is 0 Å². The highest BCUT2D eigenvalue weighted by molar-refractivity contribution is 7.80. The van der Waals surface area contributed by atoms with Crippen molar-refractivity contribution in [3.63, 3.8) is 0 Å². The molecule has 0 aliphatic heterocycles. The van der Waals surface area contributed by atoms with Gasteiger partial charge in [-0.05, 0) is 12.1 Å². The molecule has 0 radical (unpaired) electrons. The molecule has 0 fully saturated rings. The van der Waals surface area contributed by atoms with E-state index in [9.17, 15) is 9.59 Å². The predicted octanol–water partition coefficient (Wildman–Crippen LogP) is 3.04. The van der Waals surface area contributed by atoms with Gasteiger partial charge in [-0.1, -0.05) is 24.3 Å². The number of carbonyl (C=O) groups is 2. The van der Waals surface area contributed by atoms with Crippen molar-refractivity contribution in [2.45, 2.75) is 9.79 Å². The van der Waals surface area contributed by atoms with Crippen molar-refractivity contribution in [3.05, 3.63) is 58.7 Å². The van der Waals surface area contributed by atoms with Crippen LogP contribution in [0.15, 0.2) is 46.2 Å². The lowest BCUT2D eigenvalue weighted by molar-refractivity contribution is 0.0974. The molecule has 0 aromatic heterocycles. The topological polar surface area (TPSA) is 34.1 Å². The van der Waals surface area contributed by atoms with E-state index in [0.29, 0.717) is 32.0 Å². The SMILES string of the molecule is O=C1c2cccc(S)c2C(=O)c2c(S)cccc21. The third kappa shape index (κ3) is 1.46. The predicted molar refractivity (Wildman–Crippen MR) is 74.3 cm³/mol. The van der Waals surface area contributed by atoms with Gasteiger partial charge in [0.25, 0.3) is 0 Å². The third-order valence-corrected chi connectivity index (χ3v) is 3.77. The van der Waals surface area contributed by atoms with Gasteiger partial charge in [0, 0.05) is 32.0 Å². The second-order valence-electron chi connectivity index (χ2n) is 4.06. The summed E-state index contributed by atoms with van der Waals surface area (Å²) in [5.74, 6) is -0.331. The lowest BCUT2D eigenvalue weighted by Crippen LogP contribution is -2.22. The summed E-state index contributed by atoms with van der Waals surface area (Å²) in [6, 6.07) is 10.2. The molecule has 4 heteroatoms. The van der Waals surface area contributed by atoms with E-state index >= 15 is 0 Å². The number of carbonyl (C=O) groups excluding carboxylic acids is 2. The summed E-state index contributed by atoms with van der Waals surface area (Å²) in [4.78, 5) is 25.8. The van der Waals surface area contributed by atoms with Crippen molar-refractivity contribution >= 4 is 36.8 Å². The van der Waals surface area contributed by atoms with Gasteiger partial charge in [0.15, 0.2) is 11.6 Å². The molecular formula is C14H8O2S2. The number of hydrogen-bond acceptors (Lipinski definition) is 4. The maximum atomic E-state index is 12.4. The summed E-state index contributed by atoms with van der Waals surface area (Å²) < 4.78 is 0. The van der Waals surface area contributed by atoms with Crippen LogP contribution in [0, 0.1) is 0 Å². The molecule has 0 atom stereocenters. The molecule has 2 aromatic rings. The summed E-state index contributed by atoms with van der Waals surface area (Å²) in [5, 5.41) is 0. The normalized spacial score (nSPS) is 13.2. The number of hydrogen-bond donors (Lipinski definition) is 2. The van der Waals surface area contributed by atoms with Crippen LogP contribution in [0.2, 0.25) is 0 Å². The van der Waals surface area contributed by atoms with Crippen molar-refractivity contribution in [2.24, 2.45) is 0 Å². The Morgan fingerprint density at radius 2 is 1.11 bits per heavy atom. The monoisotopic (exact) mass is 272 g/mol. The Hall–Kier alpha value is -1.52. The van der Waals surface area contributed by atoms with Crippen LogP contribution in [0.5, 0.6) is 0 Å². The van der Waals surface area contributed by atoms with Crippen LogP contribution in [0.4, 0.5) is 0 Å². The molecule has 3 rings (SSSR count). The lowest BCUT2D eigenvalue weighted by Gasteiger charge is -2.19. The molecule has 88 valence electrons. The fraction of sp³-hybridized carbons (Fsp3) is 0. The Labute approximate surface area is 115 Å². The first-order valence-corrected chi connectivity index (χ1v) is 6.24. The minimum atomic E-state index is -0.184. The molecule has 0 spiro atoms. The van der Waals surface area contributed by atoms with Crippen LogP contribution in [0.1, 0.15) is 31.8 Å². The summed E-state index contributed by atoms with van der Waals surface area (Å²) >= 11 is 8.53. The lowest BCUT2D eigenvalue weighted by atomic mass is 9.84. The van der Waals surface area contributed by atoms with E-state index in [2.05, 4.69) is 25.3 Å². The van der Waals surface area contributed by atoms with Crippen LogP contribution in [-0.2, 0) is 0 Å². The van der Waals surface area contributed by atoms with Gasteiger partial charge in [-0.3, -0.25) is 9.59 Å². The van der Waals surface area contributed by atoms with Crippen LogP contribution in [-0.4, -0.2) is 11.6 Å². The third-order valence-electron chi connectivity index (χ3n) is 3.03. The van der Waals surface area contributed by atoms with E-state index < -0.39 is 0 Å². The highest BCUT2D eigenvalue weighted by atomic mass is 32.1. The highest BCUT2D eigenvalue weighted by Crippen LogP contribution is 2.33. The number of benzene rings is 2. The first-order chi connectivity index (χ1) is 8.61. The standard InChI is InChI=1S/C14H8O2S2/c15-13-7-3-1-5-9(17)11(7)14(16)12-8(13)4-2-6-10(12)18/h1-6,17-18H. The first-order valence-electron chi connectivity index (χ1n) is 5.34. The summed E-state index contributed by atoms with van der Waals surface area (Å²) in [5.41, 5.74) is 1.58. The molecule has 0 amide bonds. The Kier molecular flexibility index (Phi) is 2.57. The van der Waals surface area contributed by atoms with E-state index in [1.54, 1.807) is 36.4 Å². The molecule has 0 bridgehead atoms. The number of ketones is 2. The maximum Gasteiger partial charge on any atom is 0.196 e. The first kappa shape index (κ1) is 11.6. The second kappa shape index (κ2) is 4.00. The Morgan fingerprint density at radius 3 is 1.56 bits per heavy atom. The minimum Gasteiger partial charge on any atom is -0.289 e. The highest BCUT2D eigenvalue weighted by Gasteiger charge is 2.31. The molecule has 0 saturated heterocycles. The summed E-state index contributed by atoms with van der Waals surface area (Å²) in [6.07, 6.45) is 0. The molecule has 0 saturated carbocycles. The summed E-state index contributed by atoms with van der Waals surface area (Å²) in [7, 11) is 0. The molecule has 0 heterocycles. The molecule has 0 N–H and O–H groups in total. The quantitative estimate of drug-likeness (QED) is 0.617. The van der Waals surface area contributed by atoms with Crippen LogP contribution in [0.25, 0.3) is 0 Å². The van der Waals surface area contributed by atoms with Crippen molar-refractivity contribution in [1.82, 2.24) is 0 Å². The zero-order valence-corrected chi connectivity index (χ0v) is 11.0. The van der Waals surface area contributed by atoms with E-state index in [1.165, 1.54) is 0 Å². The fourth-order valence-corrected chi connectivity index (χ4v) is 2.82. The minimum absolute atomic E-state index is 0.147. The summed E-state index contributed by atoms with van der Waals surface area (Å²) in [6.45, 7) is 0. The van der Waals surface area contributed by atoms with Gasteiger partial charge in [-0.2, -0.15) is 0 Å². The van der Waals surface area contributed by atoms with Crippen molar-refractivity contribution in [2.75, 3.05) is 0 Å². The van der Waals surface area contributed by atoms with Gasteiger partial charge < -0.3 is 0 Å². The van der Waals surface area contributed by atoms with Gasteiger partial charge in [0.05, 0.1) is 0 Å². The molecule has 18 heavy (non-hydrogen) atoms. The van der Waals surface area contributed by atoms with Gasteiger partial charge in [-0.15, -0.1) is 25.3 Å². The van der Waals surface area contributed by atoms with Gasteiger partial charge in [0.2, 0.25) is 0 Å². The number of fused-ring (bicyclic) bond motifs is 2. The molecule has 2 aromatic carbocycles. The zero-order chi connectivity index (χ0) is 12.9. The average molecular weight is 272 g/mol. The maximum absolute atomic E-state index is 12.4. The smallest absolute Gasteiger partial charge is 0.196 e. The van der Waals surface area contributed by atoms with Gasteiger partial charge >= 0.3 is 0 Å². The van der Waals surface area contributed by atoms with E-state index in [0.717, 1.165) is 0 Å². The van der Waals surface area contributed by atoms with Crippen LogP contribution in [0.3, 0.4) is 0 Å². The van der Waals surface area contributed by atoms with Crippen molar-refractivity contribution in [1.29, 1.82) is 0 Å². The average Bonchev–Trinajstić information content (AvgIpc) is 2.35. The van der Waals surface area contributed by atoms with Crippen molar-refractivity contribution < 1.29 is 9.59 Å². The Balaban J connectivity index is 2.40. The molecule has 0 unspecified atom stereocenters. The van der Waals surface area contributed by atoms with E-state index in [4.69, 9.17) is 0 Å². The largest absolute Gasteiger partial charge is 0.289 e. The van der Waals surface area contributed by atoms with Crippen LogP contribution < -0.4 is 0 Å². The fourth-order valence-electron chi connectivity index (χ4n) is 2.21. The van der Waals surface area contributed by atoms with Gasteiger partial charge in [-0.25, -0.2) is 0 Å². The molecule has 1 aliphatic rings. The molecule has 1 aliphatic carbocycles. The second-order valence-corrected chi connectivity index (χ2v) is 5.02. The van der Waals surface area contributed by atoms with Crippen molar-refractivity contribution in [3.8, 4) is 0 Å². The van der Waals surface area contributed by atoms with Crippen LogP contribution >= 0.6 is 25.3 Å². The zero-order valence-electron chi connectivity index (χ0n) is 9.18. The van der Waals surface area contributed by atoms with E-state index in [-0.39, 0.29) is 11.6 Å². The van der Waals surface area contributed by atoms with E-state index in [1.807, 2.05) is 0 Å². The number of thiol groups is 2. The Bertz CT molecular complexity index is 647. The Morgan fingerprint density at radius 1 is 0.667 bits per heavy atom. The number of rotatable bonds is 0. The molecule has 2 nitrogen and oxygen atoms in total.